The second-order valence-corrected chi connectivity index (χ2v) is 1.86. The van der Waals surface area contributed by atoms with E-state index in [0.29, 0.717) is 0 Å². The molecule has 0 aromatic carbocycles. The molecule has 2 heteroatoms. The fourth-order valence-corrected chi connectivity index (χ4v) is 0.836. The van der Waals surface area contributed by atoms with Crippen molar-refractivity contribution in [3.05, 3.63) is 30.1 Å². The van der Waals surface area contributed by atoms with Crippen molar-refractivity contribution in [2.24, 2.45) is 0 Å². The average Bonchev–Trinajstić information content (AvgIpc) is 2.33. The maximum atomic E-state index is 4.03. The largest absolute Gasteiger partial charge is 0.237 e. The van der Waals surface area contributed by atoms with E-state index in [0.717, 1.165) is 11.4 Å². The second kappa shape index (κ2) is 1.58. The Hall–Kier alpha value is -1.31. The number of fused-ring (bicyclic) bond motifs is 1. The molecule has 1 aromatic heterocycles. The Morgan fingerprint density at radius 3 is 3.22 bits per heavy atom. The fourth-order valence-electron chi connectivity index (χ4n) is 0.836. The lowest BCUT2D eigenvalue weighted by molar-refractivity contribution is 1.12. The zero-order valence-electron chi connectivity index (χ0n) is 4.78. The summed E-state index contributed by atoms with van der Waals surface area (Å²) in [6.45, 7) is 0. The molecular formula is C7H5N2. The highest BCUT2D eigenvalue weighted by molar-refractivity contribution is 5.65. The molecule has 0 unspecified atom stereocenters. The van der Waals surface area contributed by atoms with Crippen LogP contribution in [0.1, 0.15) is 5.56 Å². The molecule has 0 amide bonds. The van der Waals surface area contributed by atoms with E-state index in [4.69, 9.17) is 0 Å². The third-order valence-electron chi connectivity index (χ3n) is 1.27. The van der Waals surface area contributed by atoms with Crippen LogP contribution in [0.25, 0.3) is 6.08 Å². The minimum atomic E-state index is 0.831. The van der Waals surface area contributed by atoms with Crippen molar-refractivity contribution in [1.82, 2.24) is 10.3 Å². The third-order valence-corrected chi connectivity index (χ3v) is 1.27. The van der Waals surface area contributed by atoms with E-state index in [9.17, 15) is 0 Å². The van der Waals surface area contributed by atoms with Crippen molar-refractivity contribution in [3.8, 4) is 0 Å². The number of rotatable bonds is 0. The zero-order chi connectivity index (χ0) is 6.10. The molecule has 1 aromatic rings. The Morgan fingerprint density at radius 1 is 1.33 bits per heavy atom. The SMILES string of the molecule is C1=Cc2cccnc2[15N]1. The number of hydrogen-bond acceptors (Lipinski definition) is 1. The van der Waals surface area contributed by atoms with E-state index in [1.54, 1.807) is 12.4 Å². The first kappa shape index (κ1) is 4.56. The number of hydrogen-bond donors (Lipinski definition) is 0. The molecule has 0 saturated carbocycles. The zero-order valence-corrected chi connectivity index (χ0v) is 4.78. The van der Waals surface area contributed by atoms with Gasteiger partial charge >= 0.3 is 0 Å². The van der Waals surface area contributed by atoms with E-state index in [-0.39, 0.29) is 0 Å². The Bertz CT molecular complexity index is 253. The van der Waals surface area contributed by atoms with Crippen molar-refractivity contribution >= 4 is 11.9 Å². The first-order valence-corrected chi connectivity index (χ1v) is 2.79. The molecule has 0 spiro atoms. The summed E-state index contributed by atoms with van der Waals surface area (Å²) < 4.78 is 0. The summed E-state index contributed by atoms with van der Waals surface area (Å²) in [7, 11) is 0. The highest BCUT2D eigenvalue weighted by Gasteiger charge is 2.03. The van der Waals surface area contributed by atoms with Crippen LogP contribution < -0.4 is 5.32 Å². The lowest BCUT2D eigenvalue weighted by Crippen LogP contribution is -1.84. The summed E-state index contributed by atoms with van der Waals surface area (Å²) in [6, 6.07) is 3.90. The van der Waals surface area contributed by atoms with Crippen molar-refractivity contribution in [2.45, 2.75) is 0 Å². The lowest BCUT2D eigenvalue weighted by atomic mass is 10.3. The number of aromatic nitrogens is 1. The van der Waals surface area contributed by atoms with Gasteiger partial charge in [-0.25, -0.2) is 10.3 Å². The maximum absolute atomic E-state index is 4.03. The summed E-state index contributed by atoms with van der Waals surface area (Å²) in [5.41, 5.74) is 1.11. The van der Waals surface area contributed by atoms with Crippen LogP contribution in [0.5, 0.6) is 0 Å². The molecule has 9 heavy (non-hydrogen) atoms. The number of nitrogens with zero attached hydrogens (tertiary/aromatic N) is 2. The highest BCUT2D eigenvalue weighted by Crippen LogP contribution is 2.18. The summed E-state index contributed by atoms with van der Waals surface area (Å²) >= 11 is 0. The Kier molecular flexibility index (Phi) is 0.803. The Morgan fingerprint density at radius 2 is 2.33 bits per heavy atom. The monoisotopic (exact) mass is 118 g/mol. The summed E-state index contributed by atoms with van der Waals surface area (Å²) in [6.07, 6.45) is 5.45. The van der Waals surface area contributed by atoms with Gasteiger partial charge in [-0.05, 0) is 18.2 Å². The van der Waals surface area contributed by atoms with Gasteiger partial charge in [0.25, 0.3) is 0 Å². The molecule has 2 nitrogen and oxygen atoms in total. The highest BCUT2D eigenvalue weighted by atomic mass is 15.6. The van der Waals surface area contributed by atoms with Gasteiger partial charge in [0.2, 0.25) is 0 Å². The van der Waals surface area contributed by atoms with Gasteiger partial charge in [0.15, 0.2) is 5.82 Å². The molecule has 0 saturated heterocycles. The standard InChI is InChI=1S/C7H5N2/c1-2-6-3-5-9-7(6)8-4-1/h1-5H/i9+1. The minimum absolute atomic E-state index is 0.831. The molecule has 1 aliphatic rings. The normalized spacial score (nSPS) is 12.9. The third kappa shape index (κ3) is 0.598. The number of pyridine rings is 1. The summed E-state index contributed by atoms with van der Waals surface area (Å²) in [4.78, 5) is 4.03. The quantitative estimate of drug-likeness (QED) is 0.472. The predicted octanol–water partition coefficient (Wildman–Crippen LogP) is 1.30. The van der Waals surface area contributed by atoms with Gasteiger partial charge in [0.05, 0.1) is 0 Å². The van der Waals surface area contributed by atoms with Crippen molar-refractivity contribution in [2.75, 3.05) is 0 Å². The van der Waals surface area contributed by atoms with E-state index in [1.165, 1.54) is 0 Å². The van der Waals surface area contributed by atoms with E-state index >= 15 is 0 Å². The molecule has 1 aliphatic heterocycles. The molecule has 0 fully saturated rings. The van der Waals surface area contributed by atoms with E-state index in [1.807, 2.05) is 18.2 Å². The van der Waals surface area contributed by atoms with E-state index in [2.05, 4.69) is 10.3 Å². The van der Waals surface area contributed by atoms with Crippen molar-refractivity contribution in [3.63, 3.8) is 0 Å². The van der Waals surface area contributed by atoms with Crippen molar-refractivity contribution in [1.29, 1.82) is 0 Å². The van der Waals surface area contributed by atoms with Gasteiger partial charge in [-0.1, -0.05) is 0 Å². The van der Waals surface area contributed by atoms with Crippen LogP contribution in [0.4, 0.5) is 5.82 Å². The Balaban J connectivity index is 2.63. The van der Waals surface area contributed by atoms with Gasteiger partial charge in [-0.3, -0.25) is 0 Å². The van der Waals surface area contributed by atoms with Gasteiger partial charge in [-0.2, -0.15) is 0 Å². The second-order valence-electron chi connectivity index (χ2n) is 1.86. The first-order valence-electron chi connectivity index (χ1n) is 2.79. The van der Waals surface area contributed by atoms with Gasteiger partial charge in [0.1, 0.15) is 0 Å². The van der Waals surface area contributed by atoms with Crippen molar-refractivity contribution < 1.29 is 0 Å². The molecular weight excluding hydrogens is 113 g/mol. The average molecular weight is 118 g/mol. The molecule has 2 rings (SSSR count). The molecule has 0 N–H and O–H groups in total. The van der Waals surface area contributed by atoms with Gasteiger partial charge in [0, 0.05) is 18.0 Å². The van der Waals surface area contributed by atoms with Gasteiger partial charge < -0.3 is 0 Å². The molecule has 2 heterocycles. The van der Waals surface area contributed by atoms with Crippen LogP contribution in [-0.4, -0.2) is 4.98 Å². The minimum Gasteiger partial charge on any atom is -0.237 e. The predicted molar refractivity (Wildman–Crippen MR) is 35.1 cm³/mol. The van der Waals surface area contributed by atoms with E-state index < -0.39 is 0 Å². The summed E-state index contributed by atoms with van der Waals surface area (Å²) in [5.74, 6) is 0.831. The molecule has 0 bridgehead atoms. The van der Waals surface area contributed by atoms with Crippen LogP contribution in [-0.2, 0) is 0 Å². The first-order chi connectivity index (χ1) is 4.47. The molecule has 43 valence electrons. The topological polar surface area (TPSA) is 27.0 Å². The van der Waals surface area contributed by atoms with Crippen LogP contribution in [0.2, 0.25) is 0 Å². The van der Waals surface area contributed by atoms with Crippen LogP contribution in [0.3, 0.4) is 0 Å². The maximum Gasteiger partial charge on any atom is 0.159 e. The lowest BCUT2D eigenvalue weighted by Gasteiger charge is -1.91. The Labute approximate surface area is 53.2 Å². The molecule has 0 atom stereocenters. The molecule has 1 radical (unpaired) electrons. The molecule has 0 aliphatic carbocycles. The van der Waals surface area contributed by atoms with Gasteiger partial charge in [-0.15, -0.1) is 0 Å². The smallest absolute Gasteiger partial charge is 0.159 e. The fraction of sp³-hybridized carbons (Fsp3) is 0. The van der Waals surface area contributed by atoms with Crippen LogP contribution >= 0.6 is 0 Å². The van der Waals surface area contributed by atoms with Crippen LogP contribution in [0, 0.1) is 0 Å². The summed E-state index contributed by atoms with van der Waals surface area (Å²) in [5, 5.41) is 4.01. The van der Waals surface area contributed by atoms with Crippen LogP contribution in [0.15, 0.2) is 24.5 Å².